The van der Waals surface area contributed by atoms with Gasteiger partial charge in [-0.3, -0.25) is 9.59 Å². The van der Waals surface area contributed by atoms with E-state index in [-0.39, 0.29) is 23.9 Å². The van der Waals surface area contributed by atoms with Crippen LogP contribution in [0.1, 0.15) is 46.0 Å². The van der Waals surface area contributed by atoms with E-state index in [1.165, 1.54) is 0 Å². The molecule has 0 bridgehead atoms. The highest BCUT2D eigenvalue weighted by Crippen LogP contribution is 2.19. The molecule has 0 aromatic rings. The molecule has 2 saturated heterocycles. The highest BCUT2D eigenvalue weighted by Gasteiger charge is 2.30. The lowest BCUT2D eigenvalue weighted by Crippen LogP contribution is -2.53. The van der Waals surface area contributed by atoms with E-state index in [0.29, 0.717) is 12.3 Å². The number of carbonyl (C=O) groups excluding carboxylic acids is 2. The number of hydrogen-bond acceptors (Lipinski definition) is 3. The second kappa shape index (κ2) is 7.07. The number of nitrogens with one attached hydrogen (secondary N) is 2. The predicted molar refractivity (Wildman–Crippen MR) is 78.2 cm³/mol. The van der Waals surface area contributed by atoms with Gasteiger partial charge in [-0.2, -0.15) is 0 Å². The van der Waals surface area contributed by atoms with Gasteiger partial charge in [-0.15, -0.1) is 0 Å². The first-order valence-corrected chi connectivity index (χ1v) is 7.91. The molecule has 5 nitrogen and oxygen atoms in total. The van der Waals surface area contributed by atoms with Crippen molar-refractivity contribution >= 4 is 11.8 Å². The second-order valence-corrected chi connectivity index (χ2v) is 6.16. The first-order chi connectivity index (χ1) is 9.60. The molecule has 2 aliphatic heterocycles. The van der Waals surface area contributed by atoms with Crippen LogP contribution in [-0.2, 0) is 9.59 Å². The van der Waals surface area contributed by atoms with Crippen LogP contribution in [0.5, 0.6) is 0 Å². The molecule has 0 radical (unpaired) electrons. The van der Waals surface area contributed by atoms with Crippen LogP contribution in [0.2, 0.25) is 0 Å². The lowest BCUT2D eigenvalue weighted by molar-refractivity contribution is -0.135. The van der Waals surface area contributed by atoms with Crippen LogP contribution in [0.4, 0.5) is 0 Å². The monoisotopic (exact) mass is 281 g/mol. The zero-order chi connectivity index (χ0) is 14.5. The highest BCUT2D eigenvalue weighted by molar-refractivity contribution is 5.82. The van der Waals surface area contributed by atoms with Gasteiger partial charge in [0.05, 0.1) is 6.04 Å². The van der Waals surface area contributed by atoms with E-state index in [0.717, 1.165) is 45.3 Å². The summed E-state index contributed by atoms with van der Waals surface area (Å²) in [5, 5.41) is 6.36. The molecule has 0 spiro atoms. The number of piperidine rings is 2. The summed E-state index contributed by atoms with van der Waals surface area (Å²) < 4.78 is 0. The molecule has 2 atom stereocenters. The van der Waals surface area contributed by atoms with E-state index < -0.39 is 0 Å². The SMILES string of the molecule is CCC(=O)NC1CCN(C(=O)C2CC(C)CCN2)CC1. The average molecular weight is 281 g/mol. The van der Waals surface area contributed by atoms with Gasteiger partial charge in [0.15, 0.2) is 0 Å². The summed E-state index contributed by atoms with van der Waals surface area (Å²) in [5.41, 5.74) is 0. The molecule has 20 heavy (non-hydrogen) atoms. The standard InChI is InChI=1S/C15H27N3O2/c1-3-14(19)17-12-5-8-18(9-6-12)15(20)13-10-11(2)4-7-16-13/h11-13,16H,3-10H2,1-2H3,(H,17,19). The molecule has 2 unspecified atom stereocenters. The molecule has 0 aromatic carbocycles. The summed E-state index contributed by atoms with van der Waals surface area (Å²) in [6.07, 6.45) is 4.39. The van der Waals surface area contributed by atoms with Crippen molar-refractivity contribution in [1.82, 2.24) is 15.5 Å². The van der Waals surface area contributed by atoms with Gasteiger partial charge in [-0.05, 0) is 38.1 Å². The summed E-state index contributed by atoms with van der Waals surface area (Å²) in [6, 6.07) is 0.241. The van der Waals surface area contributed by atoms with Crippen molar-refractivity contribution in [3.05, 3.63) is 0 Å². The largest absolute Gasteiger partial charge is 0.353 e. The molecule has 2 rings (SSSR count). The van der Waals surface area contributed by atoms with Gasteiger partial charge >= 0.3 is 0 Å². The maximum atomic E-state index is 12.5. The van der Waals surface area contributed by atoms with Crippen LogP contribution in [0, 0.1) is 5.92 Å². The predicted octanol–water partition coefficient (Wildman–Crippen LogP) is 0.892. The molecule has 0 aliphatic carbocycles. The summed E-state index contributed by atoms with van der Waals surface area (Å²) >= 11 is 0. The molecule has 2 heterocycles. The number of hydrogen-bond donors (Lipinski definition) is 2. The number of amides is 2. The Morgan fingerprint density at radius 1 is 1.25 bits per heavy atom. The van der Waals surface area contributed by atoms with E-state index >= 15 is 0 Å². The van der Waals surface area contributed by atoms with Crippen LogP contribution >= 0.6 is 0 Å². The Balaban J connectivity index is 1.78. The molecule has 0 aromatic heterocycles. The topological polar surface area (TPSA) is 61.4 Å². The van der Waals surface area contributed by atoms with Gasteiger partial charge in [0.1, 0.15) is 0 Å². The molecule has 2 aliphatic rings. The van der Waals surface area contributed by atoms with Crippen LogP contribution in [0.3, 0.4) is 0 Å². The number of rotatable bonds is 3. The van der Waals surface area contributed by atoms with E-state index in [9.17, 15) is 9.59 Å². The molecule has 5 heteroatoms. The number of nitrogens with zero attached hydrogens (tertiary/aromatic N) is 1. The number of likely N-dealkylation sites (tertiary alicyclic amines) is 1. The van der Waals surface area contributed by atoms with E-state index in [4.69, 9.17) is 0 Å². The zero-order valence-electron chi connectivity index (χ0n) is 12.7. The Labute approximate surface area is 121 Å². The van der Waals surface area contributed by atoms with Crippen LogP contribution in [0.25, 0.3) is 0 Å². The third-order valence-corrected chi connectivity index (χ3v) is 4.46. The van der Waals surface area contributed by atoms with Gasteiger partial charge in [-0.25, -0.2) is 0 Å². The normalized spacial score (nSPS) is 28.2. The minimum atomic E-state index is 0.000493. The van der Waals surface area contributed by atoms with Gasteiger partial charge in [-0.1, -0.05) is 13.8 Å². The Morgan fingerprint density at radius 2 is 1.95 bits per heavy atom. The smallest absolute Gasteiger partial charge is 0.239 e. The van der Waals surface area contributed by atoms with E-state index in [1.807, 2.05) is 11.8 Å². The van der Waals surface area contributed by atoms with E-state index in [1.54, 1.807) is 0 Å². The summed E-state index contributed by atoms with van der Waals surface area (Å²) in [7, 11) is 0. The molecule has 2 amide bonds. The fraction of sp³-hybridized carbons (Fsp3) is 0.867. The second-order valence-electron chi connectivity index (χ2n) is 6.16. The maximum Gasteiger partial charge on any atom is 0.239 e. The Hall–Kier alpha value is -1.10. The first kappa shape index (κ1) is 15.3. The van der Waals surface area contributed by atoms with Gasteiger partial charge in [0.25, 0.3) is 0 Å². The number of carbonyl (C=O) groups is 2. The van der Waals surface area contributed by atoms with Crippen LogP contribution < -0.4 is 10.6 Å². The molecule has 114 valence electrons. The van der Waals surface area contributed by atoms with Gasteiger partial charge < -0.3 is 15.5 Å². The first-order valence-electron chi connectivity index (χ1n) is 7.91. The van der Waals surface area contributed by atoms with Gasteiger partial charge in [0, 0.05) is 25.6 Å². The zero-order valence-corrected chi connectivity index (χ0v) is 12.7. The molecule has 2 fully saturated rings. The third kappa shape index (κ3) is 3.95. The van der Waals surface area contributed by atoms with Crippen molar-refractivity contribution in [2.45, 2.75) is 58.0 Å². The van der Waals surface area contributed by atoms with Crippen molar-refractivity contribution in [1.29, 1.82) is 0 Å². The maximum absolute atomic E-state index is 12.5. The lowest BCUT2D eigenvalue weighted by Gasteiger charge is -2.36. The Kier molecular flexibility index (Phi) is 5.40. The molecule has 0 saturated carbocycles. The summed E-state index contributed by atoms with van der Waals surface area (Å²) in [5.74, 6) is 0.987. The average Bonchev–Trinajstić information content (AvgIpc) is 2.47. The third-order valence-electron chi connectivity index (χ3n) is 4.46. The minimum Gasteiger partial charge on any atom is -0.353 e. The lowest BCUT2D eigenvalue weighted by atomic mass is 9.93. The van der Waals surface area contributed by atoms with Crippen molar-refractivity contribution in [2.24, 2.45) is 5.92 Å². The van der Waals surface area contributed by atoms with Gasteiger partial charge in [0.2, 0.25) is 11.8 Å². The van der Waals surface area contributed by atoms with E-state index in [2.05, 4.69) is 17.6 Å². The van der Waals surface area contributed by atoms with Crippen LogP contribution in [-0.4, -0.2) is 48.4 Å². The van der Waals surface area contributed by atoms with Crippen LogP contribution in [0.15, 0.2) is 0 Å². The Bertz CT molecular complexity index is 351. The molecule has 2 N–H and O–H groups in total. The summed E-state index contributed by atoms with van der Waals surface area (Å²) in [4.78, 5) is 25.8. The quantitative estimate of drug-likeness (QED) is 0.808. The van der Waals surface area contributed by atoms with Crippen molar-refractivity contribution in [2.75, 3.05) is 19.6 Å². The fourth-order valence-corrected chi connectivity index (χ4v) is 3.09. The summed E-state index contributed by atoms with van der Waals surface area (Å²) in [6.45, 7) is 6.55. The fourth-order valence-electron chi connectivity index (χ4n) is 3.09. The van der Waals surface area contributed by atoms with Crippen molar-refractivity contribution in [3.63, 3.8) is 0 Å². The molecular formula is C15H27N3O2. The van der Waals surface area contributed by atoms with Crippen molar-refractivity contribution in [3.8, 4) is 0 Å². The Morgan fingerprint density at radius 3 is 2.55 bits per heavy atom. The highest BCUT2D eigenvalue weighted by atomic mass is 16.2. The molecular weight excluding hydrogens is 254 g/mol. The van der Waals surface area contributed by atoms with Crippen molar-refractivity contribution < 1.29 is 9.59 Å². The minimum absolute atomic E-state index is 0.000493.